The number of aryl methyl sites for hydroxylation is 1. The van der Waals surface area contributed by atoms with E-state index in [9.17, 15) is 16.8 Å². The molecule has 2 rings (SSSR count). The van der Waals surface area contributed by atoms with Crippen molar-refractivity contribution >= 4 is 19.9 Å². The summed E-state index contributed by atoms with van der Waals surface area (Å²) in [5.41, 5.74) is 0.476. The summed E-state index contributed by atoms with van der Waals surface area (Å²) in [5.74, 6) is 0. The molecule has 3 atom stereocenters. The highest BCUT2D eigenvalue weighted by Crippen LogP contribution is 2.29. The summed E-state index contributed by atoms with van der Waals surface area (Å²) in [4.78, 5) is -0.0716. The summed E-state index contributed by atoms with van der Waals surface area (Å²) in [6.07, 6.45) is 1.05. The molecule has 0 spiro atoms. The maximum atomic E-state index is 12.7. The first kappa shape index (κ1) is 19.3. The average Bonchev–Trinajstić information content (AvgIpc) is 2.45. The summed E-state index contributed by atoms with van der Waals surface area (Å²) in [5, 5.41) is 0. The van der Waals surface area contributed by atoms with Gasteiger partial charge in [0.25, 0.3) is 0 Å². The van der Waals surface area contributed by atoms with Crippen LogP contribution in [0.2, 0.25) is 0 Å². The van der Waals surface area contributed by atoms with Gasteiger partial charge in [-0.3, -0.25) is 0 Å². The Hall–Kier alpha value is -1.00. The van der Waals surface area contributed by atoms with Crippen LogP contribution in [-0.2, 0) is 29.3 Å². The van der Waals surface area contributed by atoms with Crippen LogP contribution in [-0.4, -0.2) is 55.1 Å². The molecule has 9 heteroatoms. The summed E-state index contributed by atoms with van der Waals surface area (Å²) in [6.45, 7) is 4.02. The average molecular weight is 377 g/mol. The Morgan fingerprint density at radius 3 is 2.46 bits per heavy atom. The number of sulfonamides is 1. The van der Waals surface area contributed by atoms with E-state index in [1.807, 2.05) is 6.92 Å². The summed E-state index contributed by atoms with van der Waals surface area (Å²) >= 11 is 0. The predicted molar refractivity (Wildman–Crippen MR) is 89.2 cm³/mol. The van der Waals surface area contributed by atoms with Gasteiger partial charge in [0.1, 0.15) is 0 Å². The molecule has 1 aromatic rings. The number of methoxy groups -OCH3 is 1. The Kier molecular flexibility index (Phi) is 5.71. The van der Waals surface area contributed by atoms with Crippen LogP contribution >= 0.6 is 0 Å². The van der Waals surface area contributed by atoms with Crippen LogP contribution in [0.5, 0.6) is 0 Å². The van der Waals surface area contributed by atoms with E-state index >= 15 is 0 Å². The van der Waals surface area contributed by atoms with Crippen molar-refractivity contribution in [1.29, 1.82) is 0 Å². The quantitative estimate of drug-likeness (QED) is 0.757. The lowest BCUT2D eigenvalue weighted by molar-refractivity contribution is -0.126. The van der Waals surface area contributed by atoms with Gasteiger partial charge in [0.05, 0.1) is 28.0 Å². The first-order chi connectivity index (χ1) is 11.1. The molecule has 1 saturated carbocycles. The molecule has 0 aliphatic heterocycles. The first-order valence-electron chi connectivity index (χ1n) is 7.57. The number of benzene rings is 1. The standard InChI is InChI=1S/C15H23NO6S2/c1-5-22-13-9-12(15(13)21-3)16-24(19,20)14-8-11(23(4,17)18)7-6-10(14)2/h6-8,12-13,15-16H,5,9H2,1-4H3. The Morgan fingerprint density at radius 1 is 1.25 bits per heavy atom. The van der Waals surface area contributed by atoms with Crippen molar-refractivity contribution in [2.45, 2.75) is 48.3 Å². The lowest BCUT2D eigenvalue weighted by atomic mass is 9.86. The normalized spacial score (nSPS) is 24.6. The molecule has 0 saturated heterocycles. The van der Waals surface area contributed by atoms with Gasteiger partial charge >= 0.3 is 0 Å². The van der Waals surface area contributed by atoms with Gasteiger partial charge in [-0.05, 0) is 38.0 Å². The van der Waals surface area contributed by atoms with Crippen LogP contribution in [0.25, 0.3) is 0 Å². The highest BCUT2D eigenvalue weighted by Gasteiger charge is 2.44. The van der Waals surface area contributed by atoms with Crippen LogP contribution in [0.15, 0.2) is 28.0 Å². The molecule has 0 amide bonds. The van der Waals surface area contributed by atoms with Crippen molar-refractivity contribution in [2.75, 3.05) is 20.0 Å². The number of rotatable bonds is 7. The van der Waals surface area contributed by atoms with Crippen molar-refractivity contribution in [3.63, 3.8) is 0 Å². The SMILES string of the molecule is CCOC1CC(NS(=O)(=O)c2cc(S(C)(=O)=O)ccc2C)C1OC. The van der Waals surface area contributed by atoms with Gasteiger partial charge in [-0.15, -0.1) is 0 Å². The largest absolute Gasteiger partial charge is 0.377 e. The van der Waals surface area contributed by atoms with Crippen molar-refractivity contribution < 1.29 is 26.3 Å². The zero-order chi connectivity index (χ0) is 18.1. The molecular weight excluding hydrogens is 354 g/mol. The minimum absolute atomic E-state index is 0.0300. The van der Waals surface area contributed by atoms with Gasteiger partial charge < -0.3 is 9.47 Å². The molecule has 1 aliphatic carbocycles. The molecule has 7 nitrogen and oxygen atoms in total. The lowest BCUT2D eigenvalue weighted by Crippen LogP contribution is -2.60. The van der Waals surface area contributed by atoms with Gasteiger partial charge in [0.2, 0.25) is 10.0 Å². The molecule has 0 aromatic heterocycles. The molecule has 1 aliphatic rings. The summed E-state index contributed by atoms with van der Waals surface area (Å²) in [7, 11) is -5.85. The van der Waals surface area contributed by atoms with E-state index in [0.717, 1.165) is 6.26 Å². The fourth-order valence-electron chi connectivity index (χ4n) is 2.75. The molecule has 0 heterocycles. The molecule has 1 N–H and O–H groups in total. The topological polar surface area (TPSA) is 98.8 Å². The van der Waals surface area contributed by atoms with Gasteiger partial charge in [-0.25, -0.2) is 21.6 Å². The van der Waals surface area contributed by atoms with E-state index in [-0.39, 0.29) is 22.0 Å². The Balaban J connectivity index is 2.26. The van der Waals surface area contributed by atoms with E-state index in [1.54, 1.807) is 6.92 Å². The number of sulfone groups is 1. The van der Waals surface area contributed by atoms with E-state index in [0.29, 0.717) is 18.6 Å². The number of hydrogen-bond acceptors (Lipinski definition) is 6. The van der Waals surface area contributed by atoms with Crippen molar-refractivity contribution in [1.82, 2.24) is 4.72 Å². The Bertz CT molecular complexity index is 803. The van der Waals surface area contributed by atoms with Gasteiger partial charge in [-0.1, -0.05) is 6.07 Å². The van der Waals surface area contributed by atoms with Gasteiger partial charge in [0, 0.05) is 20.0 Å². The summed E-state index contributed by atoms with van der Waals surface area (Å²) in [6, 6.07) is 3.67. The van der Waals surface area contributed by atoms with Crippen molar-refractivity contribution in [3.05, 3.63) is 23.8 Å². The predicted octanol–water partition coefficient (Wildman–Crippen LogP) is 0.869. The van der Waals surface area contributed by atoms with Crippen molar-refractivity contribution in [3.8, 4) is 0 Å². The van der Waals surface area contributed by atoms with E-state index < -0.39 is 25.9 Å². The molecule has 136 valence electrons. The monoisotopic (exact) mass is 377 g/mol. The number of ether oxygens (including phenoxy) is 2. The smallest absolute Gasteiger partial charge is 0.241 e. The van der Waals surface area contributed by atoms with E-state index in [2.05, 4.69) is 4.72 Å². The number of hydrogen-bond donors (Lipinski definition) is 1. The van der Waals surface area contributed by atoms with Gasteiger partial charge in [-0.2, -0.15) is 0 Å². The third-order valence-corrected chi connectivity index (χ3v) is 6.83. The molecule has 1 fully saturated rings. The van der Waals surface area contributed by atoms with E-state index in [4.69, 9.17) is 9.47 Å². The highest BCUT2D eigenvalue weighted by atomic mass is 32.2. The third kappa shape index (κ3) is 3.97. The zero-order valence-electron chi connectivity index (χ0n) is 14.1. The maximum absolute atomic E-state index is 12.7. The second kappa shape index (κ2) is 7.09. The Labute approximate surface area is 143 Å². The minimum atomic E-state index is -3.87. The minimum Gasteiger partial charge on any atom is -0.377 e. The molecule has 0 bridgehead atoms. The molecular formula is C15H23NO6S2. The maximum Gasteiger partial charge on any atom is 0.241 e. The second-order valence-corrected chi connectivity index (χ2v) is 9.56. The van der Waals surface area contributed by atoms with Crippen LogP contribution in [0.4, 0.5) is 0 Å². The van der Waals surface area contributed by atoms with Crippen molar-refractivity contribution in [2.24, 2.45) is 0 Å². The van der Waals surface area contributed by atoms with Crippen LogP contribution in [0.1, 0.15) is 18.9 Å². The molecule has 24 heavy (non-hydrogen) atoms. The fourth-order valence-corrected chi connectivity index (χ4v) is 5.00. The second-order valence-electron chi connectivity index (χ2n) is 5.86. The molecule has 0 radical (unpaired) electrons. The van der Waals surface area contributed by atoms with Crippen LogP contribution < -0.4 is 4.72 Å². The lowest BCUT2D eigenvalue weighted by Gasteiger charge is -2.43. The van der Waals surface area contributed by atoms with Crippen LogP contribution in [0, 0.1) is 6.92 Å². The third-order valence-electron chi connectivity index (χ3n) is 4.09. The van der Waals surface area contributed by atoms with Crippen LogP contribution in [0.3, 0.4) is 0 Å². The first-order valence-corrected chi connectivity index (χ1v) is 10.9. The number of nitrogens with one attached hydrogen (secondary N) is 1. The highest BCUT2D eigenvalue weighted by molar-refractivity contribution is 7.91. The van der Waals surface area contributed by atoms with E-state index in [1.165, 1.54) is 25.3 Å². The Morgan fingerprint density at radius 2 is 1.92 bits per heavy atom. The molecule has 1 aromatic carbocycles. The van der Waals surface area contributed by atoms with Gasteiger partial charge in [0.15, 0.2) is 9.84 Å². The molecule has 3 unspecified atom stereocenters. The zero-order valence-corrected chi connectivity index (χ0v) is 15.8. The fraction of sp³-hybridized carbons (Fsp3) is 0.600. The summed E-state index contributed by atoms with van der Waals surface area (Å²) < 4.78 is 62.0.